The number of fused-ring (bicyclic) bond motifs is 1. The highest BCUT2D eigenvalue weighted by Gasteiger charge is 2.26. The first-order chi connectivity index (χ1) is 16.4. The van der Waals surface area contributed by atoms with Crippen molar-refractivity contribution in [3.05, 3.63) is 99.8 Å². The van der Waals surface area contributed by atoms with E-state index in [2.05, 4.69) is 10.1 Å². The minimum absolute atomic E-state index is 0.137. The molecular weight excluding hydrogens is 454 g/mol. The first kappa shape index (κ1) is 21.7. The van der Waals surface area contributed by atoms with E-state index in [1.807, 2.05) is 37.3 Å². The number of rotatable bonds is 5. The number of aromatic hydroxyl groups is 1. The van der Waals surface area contributed by atoms with Crippen LogP contribution >= 0.6 is 11.6 Å². The fourth-order valence-corrected chi connectivity index (χ4v) is 3.99. The van der Waals surface area contributed by atoms with Gasteiger partial charge in [0.15, 0.2) is 11.3 Å². The van der Waals surface area contributed by atoms with Gasteiger partial charge < -0.3 is 9.84 Å². The number of benzene rings is 1. The topological polar surface area (TPSA) is 85.5 Å². The molecule has 9 heteroatoms. The first-order valence-electron chi connectivity index (χ1n) is 10.6. The molecule has 0 radical (unpaired) electrons. The molecule has 0 saturated heterocycles. The fraction of sp³-hybridized carbons (Fsp3) is 0.120. The zero-order valence-corrected chi connectivity index (χ0v) is 19.3. The van der Waals surface area contributed by atoms with Gasteiger partial charge in [-0.2, -0.15) is 14.1 Å². The van der Waals surface area contributed by atoms with E-state index in [0.29, 0.717) is 28.0 Å². The SMILES string of the molecule is Cc1cc(Oc2ccc3n(c2)c(=O)c(-c2ccccc2)c(O)[n+]3Cc2ccc(Cl)nc2)n(C)n1. The van der Waals surface area contributed by atoms with Gasteiger partial charge in [-0.3, -0.25) is 0 Å². The number of hydrogen-bond acceptors (Lipinski definition) is 5. The van der Waals surface area contributed by atoms with Crippen molar-refractivity contribution in [3.63, 3.8) is 0 Å². The van der Waals surface area contributed by atoms with Gasteiger partial charge in [0.2, 0.25) is 5.88 Å². The lowest BCUT2D eigenvalue weighted by Crippen LogP contribution is -2.41. The van der Waals surface area contributed by atoms with Crippen molar-refractivity contribution in [2.24, 2.45) is 7.05 Å². The maximum Gasteiger partial charge on any atom is 0.354 e. The maximum atomic E-state index is 13.6. The van der Waals surface area contributed by atoms with Gasteiger partial charge in [-0.05, 0) is 24.6 Å². The Hall–Kier alpha value is -4.17. The zero-order chi connectivity index (χ0) is 23.8. The van der Waals surface area contributed by atoms with Crippen molar-refractivity contribution in [2.75, 3.05) is 0 Å². The van der Waals surface area contributed by atoms with Crippen molar-refractivity contribution >= 4 is 17.2 Å². The Morgan fingerprint density at radius 1 is 1.12 bits per heavy atom. The summed E-state index contributed by atoms with van der Waals surface area (Å²) in [6, 6.07) is 17.9. The molecule has 0 bridgehead atoms. The number of halogens is 1. The first-order valence-corrected chi connectivity index (χ1v) is 10.9. The molecule has 34 heavy (non-hydrogen) atoms. The molecule has 5 rings (SSSR count). The molecule has 0 fully saturated rings. The molecule has 0 unspecified atom stereocenters. The molecule has 0 atom stereocenters. The summed E-state index contributed by atoms with van der Waals surface area (Å²) in [7, 11) is 1.79. The van der Waals surface area contributed by atoms with Gasteiger partial charge in [0, 0.05) is 30.9 Å². The smallest absolute Gasteiger partial charge is 0.354 e. The summed E-state index contributed by atoms with van der Waals surface area (Å²) in [6.07, 6.45) is 3.25. The molecular formula is C25H21ClN5O3+. The Balaban J connectivity index is 1.71. The van der Waals surface area contributed by atoms with E-state index in [-0.39, 0.29) is 23.5 Å². The van der Waals surface area contributed by atoms with Gasteiger partial charge in [-0.15, -0.1) is 0 Å². The number of nitrogens with zero attached hydrogens (tertiary/aromatic N) is 5. The Kier molecular flexibility index (Phi) is 5.51. The number of aromatic nitrogens is 5. The zero-order valence-electron chi connectivity index (χ0n) is 18.5. The quantitative estimate of drug-likeness (QED) is 0.308. The van der Waals surface area contributed by atoms with Crippen molar-refractivity contribution < 1.29 is 14.4 Å². The molecule has 0 aliphatic heterocycles. The summed E-state index contributed by atoms with van der Waals surface area (Å²) >= 11 is 5.93. The molecule has 0 spiro atoms. The number of aryl methyl sites for hydroxylation is 2. The molecule has 170 valence electrons. The van der Waals surface area contributed by atoms with Crippen LogP contribution in [0.2, 0.25) is 5.15 Å². The van der Waals surface area contributed by atoms with E-state index >= 15 is 0 Å². The summed E-state index contributed by atoms with van der Waals surface area (Å²) in [6.45, 7) is 2.15. The number of ether oxygens (including phenoxy) is 1. The Bertz CT molecular complexity index is 1560. The third kappa shape index (κ3) is 3.99. The highest BCUT2D eigenvalue weighted by Crippen LogP contribution is 2.26. The normalized spacial score (nSPS) is 11.1. The van der Waals surface area contributed by atoms with Crippen LogP contribution in [0.15, 0.2) is 77.9 Å². The summed E-state index contributed by atoms with van der Waals surface area (Å²) in [5, 5.41) is 15.9. The lowest BCUT2D eigenvalue weighted by atomic mass is 10.1. The summed E-state index contributed by atoms with van der Waals surface area (Å²) in [5.41, 5.74) is 2.56. The van der Waals surface area contributed by atoms with E-state index in [1.54, 1.807) is 59.0 Å². The predicted octanol–water partition coefficient (Wildman–Crippen LogP) is 3.89. The van der Waals surface area contributed by atoms with Crippen LogP contribution < -0.4 is 14.9 Å². The summed E-state index contributed by atoms with van der Waals surface area (Å²) in [4.78, 5) is 17.7. The van der Waals surface area contributed by atoms with Gasteiger partial charge in [-0.25, -0.2) is 14.5 Å². The van der Waals surface area contributed by atoms with Crippen LogP contribution in [0.4, 0.5) is 0 Å². The fourth-order valence-electron chi connectivity index (χ4n) is 3.87. The summed E-state index contributed by atoms with van der Waals surface area (Å²) < 4.78 is 10.7. The molecule has 0 saturated carbocycles. The Morgan fingerprint density at radius 3 is 2.59 bits per heavy atom. The minimum Gasteiger partial charge on any atom is -0.477 e. The van der Waals surface area contributed by atoms with Crippen LogP contribution in [0.5, 0.6) is 17.5 Å². The standard InChI is InChI=1S/C25H20ClN5O3/c1-16-12-22(29(2)28-16)34-19-9-11-21-30(14-17-8-10-20(26)27-13-17)24(32)23(25(33)31(21)15-19)18-6-4-3-5-7-18/h3-13,15H,14H2,1-2H3/p+1. The third-order valence-electron chi connectivity index (χ3n) is 5.46. The summed E-state index contributed by atoms with van der Waals surface area (Å²) in [5.74, 6) is 0.871. The van der Waals surface area contributed by atoms with Crippen LogP contribution in [0.1, 0.15) is 11.3 Å². The van der Waals surface area contributed by atoms with E-state index in [9.17, 15) is 9.90 Å². The highest BCUT2D eigenvalue weighted by atomic mass is 35.5. The van der Waals surface area contributed by atoms with E-state index in [1.165, 1.54) is 4.40 Å². The monoisotopic (exact) mass is 474 g/mol. The molecule has 0 aliphatic rings. The van der Waals surface area contributed by atoms with Crippen LogP contribution in [0.25, 0.3) is 16.8 Å². The molecule has 4 heterocycles. The average molecular weight is 475 g/mol. The predicted molar refractivity (Wildman–Crippen MR) is 127 cm³/mol. The Labute approximate surface area is 199 Å². The van der Waals surface area contributed by atoms with Crippen LogP contribution in [-0.2, 0) is 13.6 Å². The van der Waals surface area contributed by atoms with Crippen molar-refractivity contribution in [3.8, 4) is 28.6 Å². The second-order valence-corrected chi connectivity index (χ2v) is 8.27. The van der Waals surface area contributed by atoms with Crippen molar-refractivity contribution in [1.82, 2.24) is 19.2 Å². The lowest BCUT2D eigenvalue weighted by Gasteiger charge is -2.11. The Morgan fingerprint density at radius 2 is 1.91 bits per heavy atom. The number of pyridine rings is 2. The largest absolute Gasteiger partial charge is 0.477 e. The number of hydrogen-bond donors (Lipinski definition) is 1. The van der Waals surface area contributed by atoms with E-state index < -0.39 is 0 Å². The molecule has 4 aromatic heterocycles. The molecule has 1 aromatic carbocycles. The van der Waals surface area contributed by atoms with Gasteiger partial charge in [0.1, 0.15) is 17.9 Å². The van der Waals surface area contributed by atoms with Crippen molar-refractivity contribution in [1.29, 1.82) is 0 Å². The molecule has 5 aromatic rings. The van der Waals surface area contributed by atoms with Gasteiger partial charge >= 0.3 is 5.56 Å². The second-order valence-electron chi connectivity index (χ2n) is 7.89. The van der Waals surface area contributed by atoms with Crippen LogP contribution in [-0.4, -0.2) is 24.3 Å². The minimum atomic E-state index is -0.365. The van der Waals surface area contributed by atoms with Gasteiger partial charge in [0.05, 0.1) is 5.69 Å². The van der Waals surface area contributed by atoms with Gasteiger partial charge in [0.25, 0.3) is 11.5 Å². The average Bonchev–Trinajstić information content (AvgIpc) is 3.15. The molecule has 8 nitrogen and oxygen atoms in total. The van der Waals surface area contributed by atoms with E-state index in [4.69, 9.17) is 16.3 Å². The molecule has 1 N–H and O–H groups in total. The molecule has 0 aliphatic carbocycles. The lowest BCUT2D eigenvalue weighted by molar-refractivity contribution is -0.671. The van der Waals surface area contributed by atoms with E-state index in [0.717, 1.165) is 11.3 Å². The van der Waals surface area contributed by atoms with Crippen molar-refractivity contribution in [2.45, 2.75) is 13.5 Å². The maximum absolute atomic E-state index is 13.6. The highest BCUT2D eigenvalue weighted by molar-refractivity contribution is 6.29. The van der Waals surface area contributed by atoms with Crippen LogP contribution in [0, 0.1) is 6.92 Å². The second kappa shape index (κ2) is 8.64. The third-order valence-corrected chi connectivity index (χ3v) is 5.69. The van der Waals surface area contributed by atoms with Gasteiger partial charge in [-0.1, -0.05) is 48.0 Å². The molecule has 0 amide bonds. The van der Waals surface area contributed by atoms with Crippen LogP contribution in [0.3, 0.4) is 0 Å².